The van der Waals surface area contributed by atoms with Crippen LogP contribution in [0.25, 0.3) is 0 Å². The quantitative estimate of drug-likeness (QED) is 0.857. The van der Waals surface area contributed by atoms with Crippen molar-refractivity contribution in [2.75, 3.05) is 6.61 Å². The van der Waals surface area contributed by atoms with Crippen LogP contribution < -0.4 is 5.32 Å². The first kappa shape index (κ1) is 14.3. The first-order valence-electron chi connectivity index (χ1n) is 6.08. The zero-order valence-electron chi connectivity index (χ0n) is 10.4. The molecule has 0 amide bonds. The molecule has 1 N–H and O–H groups in total. The minimum absolute atomic E-state index is 0.0237. The average molecular weight is 277 g/mol. The second kappa shape index (κ2) is 5.46. The third-order valence-electron chi connectivity index (χ3n) is 3.23. The molecule has 1 aliphatic rings. The molecule has 1 fully saturated rings. The Balaban J connectivity index is 2.06. The Morgan fingerprint density at radius 3 is 2.63 bits per heavy atom. The largest absolute Gasteiger partial charge is 0.416 e. The van der Waals surface area contributed by atoms with Gasteiger partial charge in [-0.15, -0.1) is 0 Å². The second-order valence-electron chi connectivity index (χ2n) is 4.70. The molecule has 106 valence electrons. The summed E-state index contributed by atoms with van der Waals surface area (Å²) in [7, 11) is 0. The highest BCUT2D eigenvalue weighted by atomic mass is 19.4. The summed E-state index contributed by atoms with van der Waals surface area (Å²) in [5.41, 5.74) is -0.675. The number of hydrogen-bond donors (Lipinski definition) is 1. The van der Waals surface area contributed by atoms with Crippen LogP contribution in [0.2, 0.25) is 0 Å². The van der Waals surface area contributed by atoms with Gasteiger partial charge in [0.15, 0.2) is 0 Å². The smallest absolute Gasteiger partial charge is 0.377 e. The molecule has 0 aromatic heterocycles. The standard InChI is InChI=1S/C13H15F4NO/c1-8-12(2-3-19-8)18-7-9-4-10(13(15,16)17)6-11(14)5-9/h4-6,8,12,18H,2-3,7H2,1H3. The Bertz CT molecular complexity index is 447. The van der Waals surface area contributed by atoms with Crippen molar-refractivity contribution in [3.63, 3.8) is 0 Å². The van der Waals surface area contributed by atoms with E-state index in [9.17, 15) is 17.6 Å². The van der Waals surface area contributed by atoms with E-state index in [1.165, 1.54) is 0 Å². The summed E-state index contributed by atoms with van der Waals surface area (Å²) in [6.07, 6.45) is -3.70. The van der Waals surface area contributed by atoms with Crippen molar-refractivity contribution < 1.29 is 22.3 Å². The number of nitrogens with one attached hydrogen (secondary N) is 1. The maximum absolute atomic E-state index is 13.2. The van der Waals surface area contributed by atoms with E-state index in [1.54, 1.807) is 0 Å². The number of rotatable bonds is 3. The molecule has 0 saturated carbocycles. The van der Waals surface area contributed by atoms with Crippen molar-refractivity contribution in [3.05, 3.63) is 35.1 Å². The fourth-order valence-corrected chi connectivity index (χ4v) is 2.16. The predicted molar refractivity (Wildman–Crippen MR) is 62.1 cm³/mol. The minimum Gasteiger partial charge on any atom is -0.377 e. The number of alkyl halides is 3. The Hall–Kier alpha value is -1.14. The van der Waals surface area contributed by atoms with Gasteiger partial charge >= 0.3 is 6.18 Å². The summed E-state index contributed by atoms with van der Waals surface area (Å²) in [5.74, 6) is -0.873. The molecular weight excluding hydrogens is 262 g/mol. The van der Waals surface area contributed by atoms with Gasteiger partial charge in [0.1, 0.15) is 5.82 Å². The molecule has 1 saturated heterocycles. The minimum atomic E-state index is -4.53. The van der Waals surface area contributed by atoms with Crippen LogP contribution >= 0.6 is 0 Å². The first-order valence-corrected chi connectivity index (χ1v) is 6.08. The normalized spacial score (nSPS) is 23.8. The molecule has 1 heterocycles. The second-order valence-corrected chi connectivity index (χ2v) is 4.70. The van der Waals surface area contributed by atoms with Gasteiger partial charge in [0, 0.05) is 19.2 Å². The maximum Gasteiger partial charge on any atom is 0.416 e. The highest BCUT2D eigenvalue weighted by Crippen LogP contribution is 2.30. The third kappa shape index (κ3) is 3.67. The van der Waals surface area contributed by atoms with Gasteiger partial charge in [-0.05, 0) is 37.1 Å². The molecule has 2 atom stereocenters. The van der Waals surface area contributed by atoms with E-state index < -0.39 is 17.6 Å². The molecule has 1 aliphatic heterocycles. The lowest BCUT2D eigenvalue weighted by molar-refractivity contribution is -0.137. The molecule has 2 nitrogen and oxygen atoms in total. The zero-order valence-corrected chi connectivity index (χ0v) is 10.4. The molecule has 1 aromatic rings. The molecule has 2 rings (SSSR count). The van der Waals surface area contributed by atoms with Crippen LogP contribution in [0.15, 0.2) is 18.2 Å². The lowest BCUT2D eigenvalue weighted by atomic mass is 10.1. The van der Waals surface area contributed by atoms with Gasteiger partial charge in [0.25, 0.3) is 0 Å². The van der Waals surface area contributed by atoms with Crippen LogP contribution in [0.5, 0.6) is 0 Å². The fourth-order valence-electron chi connectivity index (χ4n) is 2.16. The number of hydrogen-bond acceptors (Lipinski definition) is 2. The third-order valence-corrected chi connectivity index (χ3v) is 3.23. The summed E-state index contributed by atoms with van der Waals surface area (Å²) in [6, 6.07) is 2.68. The van der Waals surface area contributed by atoms with Crippen molar-refractivity contribution in [2.45, 2.75) is 38.2 Å². The zero-order chi connectivity index (χ0) is 14.0. The van der Waals surface area contributed by atoms with Crippen molar-refractivity contribution in [1.29, 1.82) is 0 Å². The van der Waals surface area contributed by atoms with E-state index in [2.05, 4.69) is 5.32 Å². The van der Waals surface area contributed by atoms with Crippen LogP contribution in [0.1, 0.15) is 24.5 Å². The van der Waals surface area contributed by atoms with Crippen molar-refractivity contribution in [2.24, 2.45) is 0 Å². The Kier molecular flexibility index (Phi) is 4.10. The van der Waals surface area contributed by atoms with Gasteiger partial charge in [-0.3, -0.25) is 0 Å². The molecule has 0 bridgehead atoms. The molecule has 0 radical (unpaired) electrons. The molecule has 0 aliphatic carbocycles. The van der Waals surface area contributed by atoms with Gasteiger partial charge in [-0.25, -0.2) is 4.39 Å². The summed E-state index contributed by atoms with van der Waals surface area (Å²) in [4.78, 5) is 0. The summed E-state index contributed by atoms with van der Waals surface area (Å²) >= 11 is 0. The van der Waals surface area contributed by atoms with E-state index in [4.69, 9.17) is 4.74 Å². The van der Waals surface area contributed by atoms with E-state index >= 15 is 0 Å². The van der Waals surface area contributed by atoms with Gasteiger partial charge in [-0.1, -0.05) is 0 Å². The fraction of sp³-hybridized carbons (Fsp3) is 0.538. The summed E-state index contributed by atoms with van der Waals surface area (Å²) < 4.78 is 56.2. The Morgan fingerprint density at radius 2 is 2.05 bits per heavy atom. The first-order chi connectivity index (χ1) is 8.86. The van der Waals surface area contributed by atoms with E-state index in [-0.39, 0.29) is 24.3 Å². The summed E-state index contributed by atoms with van der Waals surface area (Å²) in [6.45, 7) is 2.73. The SMILES string of the molecule is CC1OCCC1NCc1cc(F)cc(C(F)(F)F)c1. The lowest BCUT2D eigenvalue weighted by Crippen LogP contribution is -2.34. The average Bonchev–Trinajstić information content (AvgIpc) is 2.70. The number of ether oxygens (including phenoxy) is 1. The molecule has 2 unspecified atom stereocenters. The highest BCUT2D eigenvalue weighted by Gasteiger charge is 2.31. The van der Waals surface area contributed by atoms with E-state index in [1.807, 2.05) is 6.92 Å². The van der Waals surface area contributed by atoms with Crippen LogP contribution in [0, 0.1) is 5.82 Å². The molecule has 19 heavy (non-hydrogen) atoms. The maximum atomic E-state index is 13.2. The Labute approximate surface area is 108 Å². The predicted octanol–water partition coefficient (Wildman–Crippen LogP) is 3.11. The number of halogens is 4. The van der Waals surface area contributed by atoms with Crippen LogP contribution in [0.4, 0.5) is 17.6 Å². The van der Waals surface area contributed by atoms with Gasteiger partial charge < -0.3 is 10.1 Å². The molecular formula is C13H15F4NO. The van der Waals surface area contributed by atoms with Gasteiger partial charge in [-0.2, -0.15) is 13.2 Å². The Morgan fingerprint density at radius 1 is 1.32 bits per heavy atom. The monoisotopic (exact) mass is 277 g/mol. The lowest BCUT2D eigenvalue weighted by Gasteiger charge is -2.16. The topological polar surface area (TPSA) is 21.3 Å². The molecule has 6 heteroatoms. The number of benzene rings is 1. The highest BCUT2D eigenvalue weighted by molar-refractivity contribution is 5.26. The van der Waals surface area contributed by atoms with Gasteiger partial charge in [0.05, 0.1) is 11.7 Å². The van der Waals surface area contributed by atoms with Crippen LogP contribution in [0.3, 0.4) is 0 Å². The van der Waals surface area contributed by atoms with Gasteiger partial charge in [0.2, 0.25) is 0 Å². The van der Waals surface area contributed by atoms with E-state index in [0.717, 1.165) is 18.6 Å². The van der Waals surface area contributed by atoms with Crippen molar-refractivity contribution in [1.82, 2.24) is 5.32 Å². The molecule has 1 aromatic carbocycles. The van der Waals surface area contributed by atoms with Crippen LogP contribution in [-0.2, 0) is 17.5 Å². The molecule has 0 spiro atoms. The summed E-state index contributed by atoms with van der Waals surface area (Å²) in [5, 5.41) is 3.09. The van der Waals surface area contributed by atoms with E-state index in [0.29, 0.717) is 12.7 Å². The van der Waals surface area contributed by atoms with Crippen molar-refractivity contribution in [3.8, 4) is 0 Å². The van der Waals surface area contributed by atoms with Crippen LogP contribution in [-0.4, -0.2) is 18.8 Å². The van der Waals surface area contributed by atoms with Crippen molar-refractivity contribution >= 4 is 0 Å².